The van der Waals surface area contributed by atoms with Gasteiger partial charge in [-0.2, -0.15) is 0 Å². The largest absolute Gasteiger partial charge is 0.463 e. The summed E-state index contributed by atoms with van der Waals surface area (Å²) in [5, 5.41) is 3.86. The first-order valence-electron chi connectivity index (χ1n) is 10.5. The lowest BCUT2D eigenvalue weighted by Gasteiger charge is -2.29. The molecule has 0 fully saturated rings. The molecule has 1 aromatic heterocycles. The van der Waals surface area contributed by atoms with Gasteiger partial charge in [-0.1, -0.05) is 37.3 Å². The third-order valence-electron chi connectivity index (χ3n) is 5.46. The molecule has 5 nitrogen and oxygen atoms in total. The first-order valence-corrected chi connectivity index (χ1v) is 11.3. The number of esters is 1. The number of fused-ring (bicyclic) bond motifs is 1. The summed E-state index contributed by atoms with van der Waals surface area (Å²) < 4.78 is 32.8. The van der Waals surface area contributed by atoms with Crippen LogP contribution in [0.3, 0.4) is 0 Å². The van der Waals surface area contributed by atoms with E-state index in [4.69, 9.17) is 10.5 Å². The second-order valence-electron chi connectivity index (χ2n) is 7.51. The molecule has 0 aliphatic carbocycles. The van der Waals surface area contributed by atoms with Crippen LogP contribution in [-0.2, 0) is 9.53 Å². The van der Waals surface area contributed by atoms with Crippen LogP contribution in [0.2, 0.25) is 0 Å². The van der Waals surface area contributed by atoms with Crippen LogP contribution in [0, 0.1) is 11.6 Å². The van der Waals surface area contributed by atoms with Crippen molar-refractivity contribution < 1.29 is 23.1 Å². The molecule has 0 saturated carbocycles. The number of hydrogen-bond donors (Lipinski definition) is 2. The number of anilines is 2. The van der Waals surface area contributed by atoms with Crippen LogP contribution < -0.4 is 11.1 Å². The molecule has 8 heteroatoms. The van der Waals surface area contributed by atoms with Crippen molar-refractivity contribution in [1.29, 1.82) is 0 Å². The molecule has 2 heterocycles. The molecule has 33 heavy (non-hydrogen) atoms. The summed E-state index contributed by atoms with van der Waals surface area (Å²) >= 11 is 1.10. The van der Waals surface area contributed by atoms with Gasteiger partial charge >= 0.3 is 5.97 Å². The third kappa shape index (κ3) is 4.14. The summed E-state index contributed by atoms with van der Waals surface area (Å²) in [6, 6.07) is 12.0. The van der Waals surface area contributed by atoms with E-state index in [1.165, 1.54) is 0 Å². The van der Waals surface area contributed by atoms with Crippen LogP contribution in [0.4, 0.5) is 19.5 Å². The van der Waals surface area contributed by atoms with Crippen molar-refractivity contribution in [3.05, 3.63) is 93.0 Å². The average Bonchev–Trinajstić information content (AvgIpc) is 3.13. The van der Waals surface area contributed by atoms with Gasteiger partial charge in [0.05, 0.1) is 22.9 Å². The van der Waals surface area contributed by atoms with E-state index in [2.05, 4.69) is 5.32 Å². The lowest BCUT2D eigenvalue weighted by Crippen LogP contribution is -2.25. The highest BCUT2D eigenvalue weighted by molar-refractivity contribution is 7.19. The molecule has 0 bridgehead atoms. The number of nitrogen functional groups attached to an aromatic ring is 1. The molecule has 0 unspecified atom stereocenters. The SMILES string of the molecule is CCOC(=O)C1=C(CC)Nc2sc(C(=O)c3cc(F)cc(F)c3)c(N)c2[C@@H]1c1ccccc1. The minimum Gasteiger partial charge on any atom is -0.463 e. The Labute approximate surface area is 193 Å². The smallest absolute Gasteiger partial charge is 0.336 e. The number of ether oxygens (including phenoxy) is 1. The normalized spacial score (nSPS) is 15.1. The zero-order valence-corrected chi connectivity index (χ0v) is 18.9. The van der Waals surface area contributed by atoms with E-state index in [9.17, 15) is 18.4 Å². The van der Waals surface area contributed by atoms with Gasteiger partial charge in [-0.15, -0.1) is 11.3 Å². The summed E-state index contributed by atoms with van der Waals surface area (Å²) in [6.45, 7) is 3.85. The molecule has 0 radical (unpaired) electrons. The van der Waals surface area contributed by atoms with E-state index in [0.29, 0.717) is 34.3 Å². The van der Waals surface area contributed by atoms with Crippen molar-refractivity contribution in [3.63, 3.8) is 0 Å². The zero-order chi connectivity index (χ0) is 23.7. The lowest BCUT2D eigenvalue weighted by atomic mass is 9.81. The van der Waals surface area contributed by atoms with E-state index in [1.807, 2.05) is 37.3 Å². The Hall–Kier alpha value is -3.52. The highest BCUT2D eigenvalue weighted by Gasteiger charge is 2.38. The van der Waals surface area contributed by atoms with Gasteiger partial charge in [0.2, 0.25) is 5.78 Å². The number of halogens is 2. The fourth-order valence-electron chi connectivity index (χ4n) is 4.05. The van der Waals surface area contributed by atoms with Gasteiger partial charge in [-0.05, 0) is 31.0 Å². The van der Waals surface area contributed by atoms with Crippen LogP contribution in [0.5, 0.6) is 0 Å². The molecule has 3 aromatic rings. The zero-order valence-electron chi connectivity index (χ0n) is 18.1. The first-order chi connectivity index (χ1) is 15.8. The van der Waals surface area contributed by atoms with Crippen molar-refractivity contribution in [2.45, 2.75) is 26.2 Å². The number of hydrogen-bond acceptors (Lipinski definition) is 6. The van der Waals surface area contributed by atoms with Crippen molar-refractivity contribution in [3.8, 4) is 0 Å². The van der Waals surface area contributed by atoms with Gasteiger partial charge in [0.15, 0.2) is 0 Å². The van der Waals surface area contributed by atoms with Gasteiger partial charge in [-0.3, -0.25) is 4.79 Å². The number of ketones is 1. The predicted octanol–water partition coefficient (Wildman–Crippen LogP) is 5.62. The van der Waals surface area contributed by atoms with Crippen LogP contribution >= 0.6 is 11.3 Å². The number of allylic oxidation sites excluding steroid dienone is 1. The minimum atomic E-state index is -0.849. The van der Waals surface area contributed by atoms with E-state index in [0.717, 1.165) is 29.0 Å². The van der Waals surface area contributed by atoms with Gasteiger partial charge < -0.3 is 15.8 Å². The fraction of sp³-hybridized carbons (Fsp3) is 0.200. The number of carbonyl (C=O) groups is 2. The molecular weight excluding hydrogens is 446 g/mol. The second kappa shape index (κ2) is 9.15. The summed E-state index contributed by atoms with van der Waals surface area (Å²) in [5.41, 5.74) is 9.00. The highest BCUT2D eigenvalue weighted by atomic mass is 32.1. The molecule has 1 aliphatic heterocycles. The average molecular weight is 469 g/mol. The summed E-state index contributed by atoms with van der Waals surface area (Å²) in [5.74, 6) is -3.31. The molecule has 170 valence electrons. The van der Waals surface area contributed by atoms with Crippen LogP contribution in [0.25, 0.3) is 0 Å². The third-order valence-corrected chi connectivity index (χ3v) is 6.60. The number of rotatable bonds is 6. The Kier molecular flexibility index (Phi) is 6.29. The Balaban J connectivity index is 1.90. The molecule has 1 atom stereocenters. The topological polar surface area (TPSA) is 81.4 Å². The summed E-state index contributed by atoms with van der Waals surface area (Å²) in [4.78, 5) is 26.3. The van der Waals surface area contributed by atoms with Crippen LogP contribution in [-0.4, -0.2) is 18.4 Å². The minimum absolute atomic E-state index is 0.136. The molecule has 1 aliphatic rings. The predicted molar refractivity (Wildman–Crippen MR) is 124 cm³/mol. The number of nitrogens with two attached hydrogens (primary N) is 1. The summed E-state index contributed by atoms with van der Waals surface area (Å²) in [6.07, 6.45) is 0.521. The van der Waals surface area contributed by atoms with Crippen molar-refractivity contribution in [2.75, 3.05) is 17.7 Å². The maximum Gasteiger partial charge on any atom is 0.336 e. The molecule has 4 rings (SSSR count). The molecule has 2 aromatic carbocycles. The maximum atomic E-state index is 13.7. The highest BCUT2D eigenvalue weighted by Crippen LogP contribution is 2.51. The molecule has 3 N–H and O–H groups in total. The first kappa shape index (κ1) is 22.7. The van der Waals surface area contributed by atoms with E-state index in [-0.39, 0.29) is 22.7 Å². The Morgan fingerprint density at radius 3 is 2.36 bits per heavy atom. The molecule has 0 spiro atoms. The Morgan fingerprint density at radius 1 is 1.09 bits per heavy atom. The maximum absolute atomic E-state index is 13.7. The number of nitrogens with one attached hydrogen (secondary N) is 1. The Morgan fingerprint density at radius 2 is 1.76 bits per heavy atom. The standard InChI is InChI=1S/C25H22F2N2O3S/c1-3-17-19(25(31)32-4-2)18(13-8-6-5-7-9-13)20-21(28)23(33-24(20)29-17)22(30)14-10-15(26)12-16(27)11-14/h5-12,18,29H,3-4,28H2,1-2H3/t18-/m1/s1. The number of carbonyl (C=O) groups excluding carboxylic acids is 2. The van der Waals surface area contributed by atoms with Gasteiger partial charge in [0.1, 0.15) is 16.5 Å². The quantitative estimate of drug-likeness (QED) is 0.362. The summed E-state index contributed by atoms with van der Waals surface area (Å²) in [7, 11) is 0. The van der Waals surface area contributed by atoms with Crippen LogP contribution in [0.15, 0.2) is 59.8 Å². The van der Waals surface area contributed by atoms with E-state index >= 15 is 0 Å². The fourth-order valence-corrected chi connectivity index (χ4v) is 5.20. The monoisotopic (exact) mass is 468 g/mol. The Bertz CT molecular complexity index is 1250. The molecular formula is C25H22F2N2O3S. The number of benzene rings is 2. The van der Waals surface area contributed by atoms with Gasteiger partial charge in [-0.25, -0.2) is 13.6 Å². The lowest BCUT2D eigenvalue weighted by molar-refractivity contribution is -0.138. The van der Waals surface area contributed by atoms with Crippen molar-refractivity contribution >= 4 is 33.8 Å². The molecule has 0 amide bonds. The van der Waals surface area contributed by atoms with E-state index < -0.39 is 29.3 Å². The van der Waals surface area contributed by atoms with Crippen LogP contribution in [0.1, 0.15) is 52.5 Å². The molecule has 0 saturated heterocycles. The van der Waals surface area contributed by atoms with Crippen molar-refractivity contribution in [2.24, 2.45) is 0 Å². The van der Waals surface area contributed by atoms with Gasteiger partial charge in [0.25, 0.3) is 0 Å². The van der Waals surface area contributed by atoms with E-state index in [1.54, 1.807) is 6.92 Å². The second-order valence-corrected chi connectivity index (χ2v) is 8.53. The number of thiophene rings is 1. The van der Waals surface area contributed by atoms with Gasteiger partial charge in [0, 0.05) is 28.8 Å². The van der Waals surface area contributed by atoms with Crippen molar-refractivity contribution in [1.82, 2.24) is 0 Å².